The van der Waals surface area contributed by atoms with Gasteiger partial charge < -0.3 is 33.2 Å². The van der Waals surface area contributed by atoms with E-state index in [1.165, 1.54) is 13.2 Å². The van der Waals surface area contributed by atoms with E-state index in [1.807, 2.05) is 6.92 Å². The van der Waals surface area contributed by atoms with Gasteiger partial charge in [-0.05, 0) is 26.8 Å². The third-order valence-electron chi connectivity index (χ3n) is 7.34. The summed E-state index contributed by atoms with van der Waals surface area (Å²) < 4.78 is 39.0. The van der Waals surface area contributed by atoms with Crippen LogP contribution in [0.5, 0.6) is 0 Å². The van der Waals surface area contributed by atoms with Crippen molar-refractivity contribution < 1.29 is 52.3 Å². The van der Waals surface area contributed by atoms with Crippen molar-refractivity contribution in [2.75, 3.05) is 7.11 Å². The van der Waals surface area contributed by atoms with Gasteiger partial charge in [0.05, 0.1) is 24.7 Å². The van der Waals surface area contributed by atoms with E-state index in [9.17, 15) is 19.2 Å². The summed E-state index contributed by atoms with van der Waals surface area (Å²) in [6.07, 6.45) is -4.16. The number of hydrogen-bond acceptors (Lipinski definition) is 11. The molecule has 4 saturated heterocycles. The van der Waals surface area contributed by atoms with E-state index in [0.717, 1.165) is 6.92 Å². The molecule has 4 heterocycles. The average Bonchev–Trinajstić information content (AvgIpc) is 3.71. The molecule has 0 saturated carbocycles. The Labute approximate surface area is 195 Å². The Hall–Kier alpha value is -2.76. The fraction of sp³-hybridized carbons (Fsp3) is 0.652. The first-order chi connectivity index (χ1) is 15.9. The summed E-state index contributed by atoms with van der Waals surface area (Å²) in [7, 11) is 1.17. The Morgan fingerprint density at radius 1 is 1.12 bits per heavy atom. The van der Waals surface area contributed by atoms with Crippen LogP contribution in [0.4, 0.5) is 0 Å². The fourth-order valence-electron chi connectivity index (χ4n) is 4.99. The van der Waals surface area contributed by atoms with Crippen molar-refractivity contribution in [2.45, 2.75) is 81.6 Å². The Morgan fingerprint density at radius 2 is 1.79 bits per heavy atom. The largest absolute Gasteiger partial charge is 0.466 e. The standard InChI is InChI=1S/C23H26O11/c1-8-13-15(32-21(27)22(4)9(2)33-22)14(29-10(3)24)11(20(26)28-6)7-12-17(30-12)23(5)18(34-23)16(13)31-19(8)25/h7,9,12-18H,1H2,2-6H3/b11-7+/t9-,12+,13+,14+,15-,16-,17+,18+,22-,23-/m0/s1. The van der Waals surface area contributed by atoms with Crippen LogP contribution >= 0.6 is 0 Å². The Balaban J connectivity index is 1.63. The molecule has 0 aromatic carbocycles. The van der Waals surface area contributed by atoms with Crippen molar-refractivity contribution in [1.82, 2.24) is 0 Å². The van der Waals surface area contributed by atoms with Crippen LogP contribution < -0.4 is 0 Å². The van der Waals surface area contributed by atoms with Crippen molar-refractivity contribution in [3.63, 3.8) is 0 Å². The first-order valence-electron chi connectivity index (χ1n) is 11.0. The lowest BCUT2D eigenvalue weighted by Gasteiger charge is -2.33. The zero-order valence-corrected chi connectivity index (χ0v) is 19.4. The maximum Gasteiger partial charge on any atom is 0.341 e. The number of carbonyl (C=O) groups excluding carboxylic acids is 4. The average molecular weight is 478 g/mol. The van der Waals surface area contributed by atoms with Crippen LogP contribution in [0.1, 0.15) is 27.7 Å². The molecule has 11 nitrogen and oxygen atoms in total. The molecule has 5 rings (SSSR count). The molecule has 0 unspecified atom stereocenters. The molecule has 0 aromatic rings. The minimum Gasteiger partial charge on any atom is -0.466 e. The summed E-state index contributed by atoms with van der Waals surface area (Å²) in [5.41, 5.74) is -2.10. The fourth-order valence-corrected chi connectivity index (χ4v) is 4.99. The summed E-state index contributed by atoms with van der Waals surface area (Å²) >= 11 is 0. The van der Waals surface area contributed by atoms with Gasteiger partial charge >= 0.3 is 23.9 Å². The van der Waals surface area contributed by atoms with Gasteiger partial charge in [0.2, 0.25) is 0 Å². The van der Waals surface area contributed by atoms with E-state index in [1.54, 1.807) is 13.8 Å². The Bertz CT molecular complexity index is 1030. The zero-order chi connectivity index (χ0) is 24.7. The van der Waals surface area contributed by atoms with Crippen LogP contribution in [-0.4, -0.2) is 84.9 Å². The predicted octanol–water partition coefficient (Wildman–Crippen LogP) is 0.143. The molecule has 0 bridgehead atoms. The first-order valence-corrected chi connectivity index (χ1v) is 11.0. The maximum atomic E-state index is 13.1. The normalized spacial score (nSPS) is 47.5. The molecule has 11 heteroatoms. The van der Waals surface area contributed by atoms with Crippen LogP contribution in [-0.2, 0) is 52.3 Å². The number of rotatable bonds is 4. The minimum atomic E-state index is -1.43. The van der Waals surface area contributed by atoms with Gasteiger partial charge in [0.1, 0.15) is 30.0 Å². The van der Waals surface area contributed by atoms with Crippen molar-refractivity contribution >= 4 is 23.9 Å². The van der Waals surface area contributed by atoms with E-state index in [0.29, 0.717) is 0 Å². The molecule has 0 spiro atoms. The molecule has 4 aliphatic heterocycles. The van der Waals surface area contributed by atoms with Crippen molar-refractivity contribution in [2.24, 2.45) is 5.92 Å². The van der Waals surface area contributed by atoms with Crippen LogP contribution in [0.3, 0.4) is 0 Å². The number of ether oxygens (including phenoxy) is 7. The van der Waals surface area contributed by atoms with Gasteiger partial charge in [0.15, 0.2) is 17.8 Å². The lowest BCUT2D eigenvalue weighted by molar-refractivity contribution is -0.175. The summed E-state index contributed by atoms with van der Waals surface area (Å²) in [5.74, 6) is -3.97. The number of fused-ring (bicyclic) bond motifs is 5. The van der Waals surface area contributed by atoms with Gasteiger partial charge in [-0.25, -0.2) is 14.4 Å². The van der Waals surface area contributed by atoms with Gasteiger partial charge in [-0.2, -0.15) is 0 Å². The highest BCUT2D eigenvalue weighted by atomic mass is 16.7. The minimum absolute atomic E-state index is 0.00535. The molecule has 10 atom stereocenters. The van der Waals surface area contributed by atoms with Crippen molar-refractivity contribution in [3.8, 4) is 0 Å². The number of carbonyl (C=O) groups is 4. The SMILES string of the molecule is C=C1C(=O)O[C@H]2[C@H]1[C@H](OC(=O)[C@@]1(C)O[C@H]1C)[C@H](OC(C)=O)/C(C(=O)OC)=C\[C@H]1O[C@H]1[C@]1(C)O[C@H]21. The molecule has 0 N–H and O–H groups in total. The van der Waals surface area contributed by atoms with E-state index in [2.05, 4.69) is 6.58 Å². The summed E-state index contributed by atoms with van der Waals surface area (Å²) in [4.78, 5) is 50.7. The maximum absolute atomic E-state index is 13.1. The molecular formula is C23H26O11. The molecule has 4 fully saturated rings. The highest BCUT2D eigenvalue weighted by Crippen LogP contribution is 2.56. The van der Waals surface area contributed by atoms with Crippen LogP contribution in [0.15, 0.2) is 23.8 Å². The molecular weight excluding hydrogens is 452 g/mol. The lowest BCUT2D eigenvalue weighted by atomic mass is 9.80. The number of hydrogen-bond donors (Lipinski definition) is 0. The second kappa shape index (κ2) is 7.37. The summed E-state index contributed by atoms with van der Waals surface area (Å²) in [6, 6.07) is 0. The monoisotopic (exact) mass is 478 g/mol. The molecule has 5 aliphatic rings. The van der Waals surface area contributed by atoms with Gasteiger partial charge in [-0.1, -0.05) is 6.58 Å². The molecule has 0 amide bonds. The molecule has 34 heavy (non-hydrogen) atoms. The van der Waals surface area contributed by atoms with E-state index >= 15 is 0 Å². The zero-order valence-electron chi connectivity index (χ0n) is 19.4. The lowest BCUT2D eigenvalue weighted by Crippen LogP contribution is -2.50. The Morgan fingerprint density at radius 3 is 2.38 bits per heavy atom. The van der Waals surface area contributed by atoms with E-state index in [4.69, 9.17) is 33.2 Å². The number of methoxy groups -OCH3 is 1. The van der Waals surface area contributed by atoms with E-state index in [-0.39, 0.29) is 11.1 Å². The predicted molar refractivity (Wildman–Crippen MR) is 109 cm³/mol. The highest BCUT2D eigenvalue weighted by Gasteiger charge is 2.73. The number of epoxide rings is 3. The third-order valence-corrected chi connectivity index (χ3v) is 7.34. The quantitative estimate of drug-likeness (QED) is 0.236. The van der Waals surface area contributed by atoms with Crippen LogP contribution in [0.25, 0.3) is 0 Å². The van der Waals surface area contributed by atoms with E-state index < -0.39 is 83.7 Å². The molecule has 184 valence electrons. The molecule has 1 aliphatic carbocycles. The van der Waals surface area contributed by atoms with Gasteiger partial charge in [0.25, 0.3) is 0 Å². The van der Waals surface area contributed by atoms with Gasteiger partial charge in [-0.3, -0.25) is 4.79 Å². The highest BCUT2D eigenvalue weighted by molar-refractivity contribution is 5.93. The van der Waals surface area contributed by atoms with Crippen LogP contribution in [0.2, 0.25) is 0 Å². The smallest absolute Gasteiger partial charge is 0.341 e. The summed E-state index contributed by atoms with van der Waals surface area (Å²) in [6.45, 7) is 10.1. The summed E-state index contributed by atoms with van der Waals surface area (Å²) in [5, 5.41) is 0. The second-order valence-electron chi connectivity index (χ2n) is 9.55. The number of esters is 4. The molecule has 0 aromatic heterocycles. The van der Waals surface area contributed by atoms with Crippen molar-refractivity contribution in [3.05, 3.63) is 23.8 Å². The third kappa shape index (κ3) is 3.37. The van der Waals surface area contributed by atoms with Gasteiger partial charge in [-0.15, -0.1) is 0 Å². The van der Waals surface area contributed by atoms with Gasteiger partial charge in [0, 0.05) is 12.5 Å². The van der Waals surface area contributed by atoms with Crippen LogP contribution in [0, 0.1) is 5.92 Å². The second-order valence-corrected chi connectivity index (χ2v) is 9.55. The first kappa shape index (κ1) is 23.0. The topological polar surface area (TPSA) is 143 Å². The van der Waals surface area contributed by atoms with Crippen molar-refractivity contribution in [1.29, 1.82) is 0 Å². The molecule has 0 radical (unpaired) electrons. The Kier molecular flexibility index (Phi) is 4.98.